The molecule has 0 aliphatic rings. The minimum absolute atomic E-state index is 0.107. The summed E-state index contributed by atoms with van der Waals surface area (Å²) in [5, 5.41) is 5.64. The third-order valence-electron chi connectivity index (χ3n) is 4.71. The molecule has 0 atom stereocenters. The number of esters is 1. The second-order valence-electron chi connectivity index (χ2n) is 8.57. The molecule has 0 aliphatic heterocycles. The molecular formula is C19H29IN2O3Si. The smallest absolute Gasteiger partial charge is 0.327 e. The number of rotatable bonds is 6. The lowest BCUT2D eigenvalue weighted by molar-refractivity contribution is -0.145. The molecule has 1 aromatic heterocycles. The van der Waals surface area contributed by atoms with Crippen molar-refractivity contribution < 1.29 is 14.0 Å². The van der Waals surface area contributed by atoms with Crippen molar-refractivity contribution in [3.63, 3.8) is 0 Å². The van der Waals surface area contributed by atoms with Crippen molar-refractivity contribution in [1.82, 2.24) is 9.78 Å². The molecule has 1 heterocycles. The van der Waals surface area contributed by atoms with Crippen molar-refractivity contribution in [2.24, 2.45) is 5.92 Å². The molecule has 7 heteroatoms. The average molecular weight is 488 g/mol. The van der Waals surface area contributed by atoms with Gasteiger partial charge in [0.25, 0.3) is 0 Å². The summed E-state index contributed by atoms with van der Waals surface area (Å²) < 4.78 is 14.3. The average Bonchev–Trinajstić information content (AvgIpc) is 2.79. The van der Waals surface area contributed by atoms with Gasteiger partial charge in [-0.1, -0.05) is 34.6 Å². The van der Waals surface area contributed by atoms with Crippen LogP contribution < -0.4 is 4.43 Å². The van der Waals surface area contributed by atoms with Gasteiger partial charge in [0.2, 0.25) is 8.32 Å². The van der Waals surface area contributed by atoms with E-state index in [-0.39, 0.29) is 17.6 Å². The molecule has 0 fully saturated rings. The molecule has 0 N–H and O–H groups in total. The highest BCUT2D eigenvalue weighted by atomic mass is 127. The van der Waals surface area contributed by atoms with E-state index in [1.165, 1.54) is 0 Å². The van der Waals surface area contributed by atoms with Crippen LogP contribution in [0.4, 0.5) is 0 Å². The highest BCUT2D eigenvalue weighted by Crippen LogP contribution is 2.38. The van der Waals surface area contributed by atoms with Crippen LogP contribution in [0.3, 0.4) is 0 Å². The summed E-state index contributed by atoms with van der Waals surface area (Å²) in [5.74, 6) is 0.880. The normalized spacial score (nSPS) is 12.7. The highest BCUT2D eigenvalue weighted by Gasteiger charge is 2.39. The van der Waals surface area contributed by atoms with Gasteiger partial charge in [-0.15, -0.1) is 0 Å². The summed E-state index contributed by atoms with van der Waals surface area (Å²) >= 11 is 2.19. The number of ether oxygens (including phenoxy) is 1. The van der Waals surface area contributed by atoms with Crippen LogP contribution in [0.2, 0.25) is 18.1 Å². The van der Waals surface area contributed by atoms with Crippen molar-refractivity contribution in [2.45, 2.75) is 59.3 Å². The Hall–Kier alpha value is -1.09. The van der Waals surface area contributed by atoms with Gasteiger partial charge in [-0.2, -0.15) is 5.10 Å². The summed E-state index contributed by atoms with van der Waals surface area (Å²) in [4.78, 5) is 12.1. The van der Waals surface area contributed by atoms with E-state index < -0.39 is 8.32 Å². The summed E-state index contributed by atoms with van der Waals surface area (Å²) in [5.41, 5.74) is 0.895. The minimum atomic E-state index is -1.92. The van der Waals surface area contributed by atoms with E-state index in [0.29, 0.717) is 12.5 Å². The Morgan fingerprint density at radius 1 is 1.31 bits per heavy atom. The van der Waals surface area contributed by atoms with Gasteiger partial charge < -0.3 is 9.16 Å². The van der Waals surface area contributed by atoms with Crippen LogP contribution >= 0.6 is 22.6 Å². The zero-order chi connectivity index (χ0) is 19.7. The molecule has 2 rings (SSSR count). The van der Waals surface area contributed by atoms with E-state index in [2.05, 4.69) is 61.6 Å². The molecule has 0 saturated heterocycles. The number of carbonyl (C=O) groups is 1. The molecule has 0 spiro atoms. The first-order valence-electron chi connectivity index (χ1n) is 8.91. The van der Waals surface area contributed by atoms with Crippen LogP contribution in [0.25, 0.3) is 10.9 Å². The quantitative estimate of drug-likeness (QED) is 0.318. The summed E-state index contributed by atoms with van der Waals surface area (Å²) in [6.07, 6.45) is 0. The maximum Gasteiger partial charge on any atom is 0.327 e. The lowest BCUT2D eigenvalue weighted by Gasteiger charge is -2.36. The Kier molecular flexibility index (Phi) is 6.43. The molecule has 2 aromatic rings. The first-order valence-corrected chi connectivity index (χ1v) is 12.9. The van der Waals surface area contributed by atoms with Gasteiger partial charge in [0, 0.05) is 11.5 Å². The minimum Gasteiger partial charge on any atom is -0.543 e. The molecular weight excluding hydrogens is 459 g/mol. The van der Waals surface area contributed by atoms with Crippen molar-refractivity contribution in [1.29, 1.82) is 0 Å². The number of benzene rings is 1. The van der Waals surface area contributed by atoms with Crippen LogP contribution in [-0.4, -0.2) is 30.7 Å². The standard InChI is InChI=1S/C19H29IN2O3Si/c1-13(2)12-24-17(23)11-22-16-10-14(8-9-15(16)18(20)21-22)25-26(6,7)19(3,4)5/h8-10,13H,11-12H2,1-7H3. The molecule has 0 aliphatic carbocycles. The van der Waals surface area contributed by atoms with Crippen molar-refractivity contribution in [2.75, 3.05) is 6.61 Å². The van der Waals surface area contributed by atoms with Crippen molar-refractivity contribution in [3.8, 4) is 5.75 Å². The molecule has 0 radical (unpaired) electrons. The predicted octanol–water partition coefficient (Wildman–Crippen LogP) is 5.22. The predicted molar refractivity (Wildman–Crippen MR) is 116 cm³/mol. The Labute approximate surface area is 170 Å². The maximum absolute atomic E-state index is 12.1. The second kappa shape index (κ2) is 7.88. The zero-order valence-corrected chi connectivity index (χ0v) is 19.9. The van der Waals surface area contributed by atoms with E-state index in [4.69, 9.17) is 9.16 Å². The molecule has 26 heavy (non-hydrogen) atoms. The van der Waals surface area contributed by atoms with Crippen molar-refractivity contribution in [3.05, 3.63) is 21.9 Å². The highest BCUT2D eigenvalue weighted by molar-refractivity contribution is 14.1. The van der Waals surface area contributed by atoms with E-state index in [1.807, 2.05) is 32.0 Å². The van der Waals surface area contributed by atoms with Gasteiger partial charge in [-0.25, -0.2) is 0 Å². The first kappa shape index (κ1) is 21.2. The number of hydrogen-bond acceptors (Lipinski definition) is 4. The van der Waals surface area contributed by atoms with Crippen LogP contribution in [0.15, 0.2) is 18.2 Å². The molecule has 0 bridgehead atoms. The molecule has 0 amide bonds. The van der Waals surface area contributed by atoms with Gasteiger partial charge in [0.1, 0.15) is 16.0 Å². The Morgan fingerprint density at radius 2 is 1.96 bits per heavy atom. The zero-order valence-electron chi connectivity index (χ0n) is 16.7. The largest absolute Gasteiger partial charge is 0.543 e. The maximum atomic E-state index is 12.1. The number of carbonyl (C=O) groups excluding carboxylic acids is 1. The van der Waals surface area contributed by atoms with E-state index in [0.717, 1.165) is 20.4 Å². The fourth-order valence-electron chi connectivity index (χ4n) is 2.17. The number of aromatic nitrogens is 2. The summed E-state index contributed by atoms with van der Waals surface area (Å²) in [6.45, 7) is 15.7. The number of fused-ring (bicyclic) bond motifs is 1. The molecule has 0 unspecified atom stereocenters. The monoisotopic (exact) mass is 488 g/mol. The third kappa shape index (κ3) is 5.00. The lowest BCUT2D eigenvalue weighted by atomic mass is 10.2. The van der Waals surface area contributed by atoms with Gasteiger partial charge >= 0.3 is 5.97 Å². The van der Waals surface area contributed by atoms with Crippen LogP contribution in [0.1, 0.15) is 34.6 Å². The Balaban J connectivity index is 2.28. The Morgan fingerprint density at radius 3 is 2.54 bits per heavy atom. The molecule has 5 nitrogen and oxygen atoms in total. The topological polar surface area (TPSA) is 53.4 Å². The van der Waals surface area contributed by atoms with E-state index in [1.54, 1.807) is 4.68 Å². The van der Waals surface area contributed by atoms with Crippen LogP contribution in [0, 0.1) is 9.62 Å². The lowest BCUT2D eigenvalue weighted by Crippen LogP contribution is -2.43. The van der Waals surface area contributed by atoms with Gasteiger partial charge in [0.15, 0.2) is 0 Å². The third-order valence-corrected chi connectivity index (χ3v) is 9.87. The Bertz CT molecular complexity index is 794. The molecule has 0 saturated carbocycles. The van der Waals surface area contributed by atoms with Gasteiger partial charge in [-0.05, 0) is 58.8 Å². The van der Waals surface area contributed by atoms with Crippen molar-refractivity contribution >= 4 is 47.8 Å². The molecule has 1 aromatic carbocycles. The fourth-order valence-corrected chi connectivity index (χ4v) is 3.91. The van der Waals surface area contributed by atoms with Gasteiger partial charge in [0.05, 0.1) is 12.1 Å². The second-order valence-corrected chi connectivity index (χ2v) is 14.3. The van der Waals surface area contributed by atoms with Gasteiger partial charge in [-0.3, -0.25) is 9.48 Å². The summed E-state index contributed by atoms with van der Waals surface area (Å²) in [7, 11) is -1.92. The number of halogens is 1. The first-order chi connectivity index (χ1) is 11.9. The number of hydrogen-bond donors (Lipinski definition) is 0. The molecule has 144 valence electrons. The van der Waals surface area contributed by atoms with Crippen LogP contribution in [0.5, 0.6) is 5.75 Å². The fraction of sp³-hybridized carbons (Fsp3) is 0.579. The van der Waals surface area contributed by atoms with Crippen LogP contribution in [-0.2, 0) is 16.1 Å². The van der Waals surface area contributed by atoms with E-state index in [9.17, 15) is 4.79 Å². The SMILES string of the molecule is CC(C)COC(=O)Cn1nc(I)c2ccc(O[Si](C)(C)C(C)(C)C)cc21. The summed E-state index contributed by atoms with van der Waals surface area (Å²) in [6, 6.07) is 6.00. The number of nitrogens with zero attached hydrogens (tertiary/aromatic N) is 2. The van der Waals surface area contributed by atoms with E-state index >= 15 is 0 Å².